The van der Waals surface area contributed by atoms with Crippen LogP contribution in [0.2, 0.25) is 0 Å². The second-order valence-electron chi connectivity index (χ2n) is 4.45. The highest BCUT2D eigenvalue weighted by Gasteiger charge is 2.09. The monoisotopic (exact) mass is 337 g/mol. The van der Waals surface area contributed by atoms with Crippen LogP contribution in [-0.2, 0) is 6.54 Å². The van der Waals surface area contributed by atoms with Crippen molar-refractivity contribution in [3.05, 3.63) is 63.9 Å². The van der Waals surface area contributed by atoms with Gasteiger partial charge in [-0.05, 0) is 35.9 Å². The van der Waals surface area contributed by atoms with Gasteiger partial charge in [0.2, 0.25) is 0 Å². The number of anilines is 1. The summed E-state index contributed by atoms with van der Waals surface area (Å²) in [5, 5.41) is 8.84. The number of hydrogen-bond donors (Lipinski definition) is 1. The average molecular weight is 338 g/mol. The van der Waals surface area contributed by atoms with Crippen LogP contribution in [0.5, 0.6) is 0 Å². The first kappa shape index (κ1) is 14.5. The van der Waals surface area contributed by atoms with Crippen molar-refractivity contribution in [3.8, 4) is 0 Å². The molecule has 1 N–H and O–H groups in total. The molecule has 0 bridgehead atoms. The lowest BCUT2D eigenvalue weighted by atomic mass is 10.1. The summed E-state index contributed by atoms with van der Waals surface area (Å²) in [4.78, 5) is 12.5. The van der Waals surface area contributed by atoms with Gasteiger partial charge in [-0.2, -0.15) is 0 Å². The fraction of sp³-hybridized carbons (Fsp3) is 0.133. The van der Waals surface area contributed by atoms with E-state index >= 15 is 0 Å². The zero-order valence-corrected chi connectivity index (χ0v) is 12.4. The lowest BCUT2D eigenvalue weighted by molar-refractivity contribution is 0.0697. The first-order valence-electron chi connectivity index (χ1n) is 5.96. The van der Waals surface area contributed by atoms with Gasteiger partial charge in [-0.15, -0.1) is 0 Å². The summed E-state index contributed by atoms with van der Waals surface area (Å²) < 4.78 is 14.6. The largest absolute Gasteiger partial charge is 0.478 e. The van der Waals surface area contributed by atoms with E-state index in [1.54, 1.807) is 48.3 Å². The van der Waals surface area contributed by atoms with Crippen molar-refractivity contribution >= 4 is 27.6 Å². The van der Waals surface area contributed by atoms with E-state index in [1.807, 2.05) is 0 Å². The standard InChI is InChI=1S/C15H13BrFNO2/c1-18(14-8-12(16)6-7-13(14)17)9-10-2-4-11(5-3-10)15(19)20/h2-8H,9H2,1H3,(H,19,20). The van der Waals surface area contributed by atoms with Gasteiger partial charge in [-0.25, -0.2) is 9.18 Å². The van der Waals surface area contributed by atoms with Crippen LogP contribution in [-0.4, -0.2) is 18.1 Å². The van der Waals surface area contributed by atoms with Gasteiger partial charge in [-0.3, -0.25) is 0 Å². The number of benzene rings is 2. The number of rotatable bonds is 4. The molecule has 0 unspecified atom stereocenters. The second-order valence-corrected chi connectivity index (χ2v) is 5.37. The van der Waals surface area contributed by atoms with Crippen LogP contribution in [0.3, 0.4) is 0 Å². The first-order valence-corrected chi connectivity index (χ1v) is 6.75. The molecule has 0 atom stereocenters. The van der Waals surface area contributed by atoms with Crippen molar-refractivity contribution in [2.45, 2.75) is 6.54 Å². The summed E-state index contributed by atoms with van der Waals surface area (Å²) in [6.45, 7) is 0.493. The van der Waals surface area contributed by atoms with E-state index in [4.69, 9.17) is 5.11 Å². The number of carboxylic acids is 1. The molecule has 5 heteroatoms. The van der Waals surface area contributed by atoms with E-state index in [2.05, 4.69) is 15.9 Å². The predicted octanol–water partition coefficient (Wildman–Crippen LogP) is 3.92. The molecule has 0 fully saturated rings. The molecule has 2 rings (SSSR count). The maximum Gasteiger partial charge on any atom is 0.335 e. The Kier molecular flexibility index (Phi) is 4.39. The van der Waals surface area contributed by atoms with E-state index < -0.39 is 5.97 Å². The smallest absolute Gasteiger partial charge is 0.335 e. The molecule has 0 saturated heterocycles. The molecule has 0 aliphatic heterocycles. The van der Waals surface area contributed by atoms with Crippen LogP contribution in [0.15, 0.2) is 46.9 Å². The Balaban J connectivity index is 2.16. The van der Waals surface area contributed by atoms with Crippen molar-refractivity contribution in [1.29, 1.82) is 0 Å². The molecule has 0 aromatic heterocycles. The summed E-state index contributed by atoms with van der Waals surface area (Å²) in [5.41, 5.74) is 1.64. The zero-order valence-electron chi connectivity index (χ0n) is 10.8. The highest BCUT2D eigenvalue weighted by molar-refractivity contribution is 9.10. The highest BCUT2D eigenvalue weighted by atomic mass is 79.9. The Morgan fingerprint density at radius 3 is 2.50 bits per heavy atom. The fourth-order valence-corrected chi connectivity index (χ4v) is 2.24. The molecule has 0 heterocycles. The first-order chi connectivity index (χ1) is 9.47. The van der Waals surface area contributed by atoms with E-state index in [0.29, 0.717) is 12.2 Å². The maximum absolute atomic E-state index is 13.8. The van der Waals surface area contributed by atoms with Gasteiger partial charge < -0.3 is 10.0 Å². The van der Waals surface area contributed by atoms with E-state index in [1.165, 1.54) is 6.07 Å². The van der Waals surface area contributed by atoms with Crippen LogP contribution in [0.1, 0.15) is 15.9 Å². The van der Waals surface area contributed by atoms with Crippen molar-refractivity contribution in [2.24, 2.45) is 0 Å². The molecular formula is C15H13BrFNO2. The Morgan fingerprint density at radius 2 is 1.90 bits per heavy atom. The Hall–Kier alpha value is -1.88. The number of halogens is 2. The SMILES string of the molecule is CN(Cc1ccc(C(=O)O)cc1)c1cc(Br)ccc1F. The molecule has 0 aliphatic carbocycles. The van der Waals surface area contributed by atoms with Crippen LogP contribution in [0.4, 0.5) is 10.1 Å². The van der Waals surface area contributed by atoms with Gasteiger partial charge in [-0.1, -0.05) is 28.1 Å². The van der Waals surface area contributed by atoms with Crippen molar-refractivity contribution in [3.63, 3.8) is 0 Å². The maximum atomic E-state index is 13.8. The molecular weight excluding hydrogens is 325 g/mol. The van der Waals surface area contributed by atoms with Crippen molar-refractivity contribution in [1.82, 2.24) is 0 Å². The predicted molar refractivity (Wildman–Crippen MR) is 79.6 cm³/mol. The number of carbonyl (C=O) groups is 1. The third-order valence-electron chi connectivity index (χ3n) is 2.94. The van der Waals surface area contributed by atoms with Gasteiger partial charge in [0, 0.05) is 18.1 Å². The summed E-state index contributed by atoms with van der Waals surface area (Å²) >= 11 is 3.32. The normalized spacial score (nSPS) is 10.3. The van der Waals surface area contributed by atoms with Gasteiger partial charge in [0.1, 0.15) is 5.82 Å². The van der Waals surface area contributed by atoms with E-state index in [-0.39, 0.29) is 11.4 Å². The molecule has 2 aromatic rings. The Bertz CT molecular complexity index is 628. The number of carboxylic acid groups (broad SMARTS) is 1. The van der Waals surface area contributed by atoms with Gasteiger partial charge in [0.25, 0.3) is 0 Å². The minimum absolute atomic E-state index is 0.241. The van der Waals surface area contributed by atoms with Crippen LogP contribution >= 0.6 is 15.9 Å². The molecule has 0 radical (unpaired) electrons. The average Bonchev–Trinajstić information content (AvgIpc) is 2.42. The molecule has 0 saturated carbocycles. The third-order valence-corrected chi connectivity index (χ3v) is 3.43. The number of nitrogens with zero attached hydrogens (tertiary/aromatic N) is 1. The zero-order chi connectivity index (χ0) is 14.7. The van der Waals surface area contributed by atoms with Gasteiger partial charge >= 0.3 is 5.97 Å². The molecule has 104 valence electrons. The number of hydrogen-bond acceptors (Lipinski definition) is 2. The lowest BCUT2D eigenvalue weighted by Crippen LogP contribution is -2.17. The highest BCUT2D eigenvalue weighted by Crippen LogP contribution is 2.24. The van der Waals surface area contributed by atoms with Gasteiger partial charge in [0.05, 0.1) is 11.3 Å². The topological polar surface area (TPSA) is 40.5 Å². The molecule has 20 heavy (non-hydrogen) atoms. The molecule has 0 amide bonds. The quantitative estimate of drug-likeness (QED) is 0.919. The number of aromatic carboxylic acids is 1. The minimum atomic E-state index is -0.956. The molecule has 3 nitrogen and oxygen atoms in total. The third kappa shape index (κ3) is 3.36. The van der Waals surface area contributed by atoms with E-state index in [9.17, 15) is 9.18 Å². The molecule has 2 aromatic carbocycles. The van der Waals surface area contributed by atoms with Crippen LogP contribution in [0, 0.1) is 5.82 Å². The van der Waals surface area contributed by atoms with Crippen LogP contribution < -0.4 is 4.90 Å². The van der Waals surface area contributed by atoms with Crippen molar-refractivity contribution in [2.75, 3.05) is 11.9 Å². The summed E-state index contributed by atoms with van der Waals surface area (Å²) in [6.07, 6.45) is 0. The second kappa shape index (κ2) is 6.05. The summed E-state index contributed by atoms with van der Waals surface area (Å²) in [7, 11) is 1.79. The lowest BCUT2D eigenvalue weighted by Gasteiger charge is -2.20. The van der Waals surface area contributed by atoms with Crippen molar-refractivity contribution < 1.29 is 14.3 Å². The fourth-order valence-electron chi connectivity index (χ4n) is 1.89. The molecule has 0 spiro atoms. The Morgan fingerprint density at radius 1 is 1.25 bits per heavy atom. The Labute approximate surface area is 124 Å². The van der Waals surface area contributed by atoms with Gasteiger partial charge in [0.15, 0.2) is 0 Å². The summed E-state index contributed by atoms with van der Waals surface area (Å²) in [6, 6.07) is 11.3. The molecule has 0 aliphatic rings. The summed E-state index contributed by atoms with van der Waals surface area (Å²) in [5.74, 6) is -1.25. The van der Waals surface area contributed by atoms with Crippen LogP contribution in [0.25, 0.3) is 0 Å². The van der Waals surface area contributed by atoms with E-state index in [0.717, 1.165) is 10.0 Å². The minimum Gasteiger partial charge on any atom is -0.478 e.